The second-order valence-corrected chi connectivity index (χ2v) is 20.4. The van der Waals surface area contributed by atoms with Crippen molar-refractivity contribution in [2.45, 2.75) is 326 Å². The maximum atomic E-state index is 13.0. The summed E-state index contributed by atoms with van der Waals surface area (Å²) >= 11 is 0. The SMILES string of the molecule is CCCCC/C=C\C/C=C\CCCCCCCC(=O)NC(COC1OC(CO)C(O)C(O)C1O)C(O)CCCCCCCCCCCCCCCCCCCCCCCCCCCCCCC. The number of carbonyl (C=O) groups excluding carboxylic acids is 1. The second kappa shape index (κ2) is 48.3. The number of aliphatic hydroxyl groups excluding tert-OH is 5. The number of rotatable bonds is 50. The Morgan fingerprint density at radius 3 is 1.31 bits per heavy atom. The lowest BCUT2D eigenvalue weighted by Gasteiger charge is -2.40. The van der Waals surface area contributed by atoms with Crippen LogP contribution in [0.3, 0.4) is 0 Å². The van der Waals surface area contributed by atoms with Gasteiger partial charge in [-0.2, -0.15) is 0 Å². The van der Waals surface area contributed by atoms with E-state index < -0.39 is 49.5 Å². The van der Waals surface area contributed by atoms with Crippen molar-refractivity contribution in [3.63, 3.8) is 0 Å². The van der Waals surface area contributed by atoms with E-state index in [9.17, 15) is 30.3 Å². The van der Waals surface area contributed by atoms with Crippen molar-refractivity contribution in [3.8, 4) is 0 Å². The molecule has 1 aliphatic rings. The Morgan fingerprint density at radius 2 is 0.881 bits per heavy atom. The van der Waals surface area contributed by atoms with Crippen LogP contribution in [0, 0.1) is 0 Å². The summed E-state index contributed by atoms with van der Waals surface area (Å²) in [6.45, 7) is 3.83. The molecule has 0 radical (unpaired) electrons. The molecule has 0 aromatic rings. The molecular formula is C58H111NO8. The van der Waals surface area contributed by atoms with Crippen LogP contribution in [0.15, 0.2) is 24.3 Å². The van der Waals surface area contributed by atoms with Crippen molar-refractivity contribution in [1.82, 2.24) is 5.32 Å². The van der Waals surface area contributed by atoms with Crippen LogP contribution in [-0.4, -0.2) is 87.5 Å². The number of unbranched alkanes of at least 4 members (excludes halogenated alkanes) is 36. The fraction of sp³-hybridized carbons (Fsp3) is 0.914. The van der Waals surface area contributed by atoms with Gasteiger partial charge in [0.1, 0.15) is 24.4 Å². The largest absolute Gasteiger partial charge is 0.394 e. The zero-order chi connectivity index (χ0) is 48.7. The van der Waals surface area contributed by atoms with Crippen LogP contribution in [0.2, 0.25) is 0 Å². The highest BCUT2D eigenvalue weighted by Gasteiger charge is 2.44. The van der Waals surface area contributed by atoms with E-state index in [1.807, 2.05) is 0 Å². The van der Waals surface area contributed by atoms with Gasteiger partial charge in [0.2, 0.25) is 5.91 Å². The molecule has 1 aliphatic heterocycles. The molecule has 7 unspecified atom stereocenters. The summed E-state index contributed by atoms with van der Waals surface area (Å²) in [7, 11) is 0. The van der Waals surface area contributed by atoms with Crippen LogP contribution >= 0.6 is 0 Å². The van der Waals surface area contributed by atoms with Gasteiger partial charge in [-0.1, -0.05) is 256 Å². The van der Waals surface area contributed by atoms with E-state index in [1.54, 1.807) is 0 Å². The summed E-state index contributed by atoms with van der Waals surface area (Å²) in [4.78, 5) is 13.0. The molecule has 396 valence electrons. The topological polar surface area (TPSA) is 149 Å². The molecule has 9 nitrogen and oxygen atoms in total. The minimum atomic E-state index is -1.56. The zero-order valence-electron chi connectivity index (χ0n) is 43.9. The molecule has 1 rings (SSSR count). The lowest BCUT2D eigenvalue weighted by Crippen LogP contribution is -2.60. The molecule has 1 heterocycles. The van der Waals surface area contributed by atoms with Gasteiger partial charge in [-0.05, 0) is 44.9 Å². The quantitative estimate of drug-likeness (QED) is 0.0261. The average molecular weight is 951 g/mol. The molecule has 0 aromatic heterocycles. The fourth-order valence-corrected chi connectivity index (χ4v) is 9.43. The number of allylic oxidation sites excluding steroid dienone is 4. The van der Waals surface area contributed by atoms with Crippen molar-refractivity contribution in [3.05, 3.63) is 24.3 Å². The summed E-state index contributed by atoms with van der Waals surface area (Å²) in [5, 5.41) is 54.6. The van der Waals surface area contributed by atoms with E-state index in [-0.39, 0.29) is 12.5 Å². The molecule has 6 N–H and O–H groups in total. The van der Waals surface area contributed by atoms with Gasteiger partial charge in [-0.25, -0.2) is 0 Å². The third-order valence-electron chi connectivity index (χ3n) is 14.1. The maximum absolute atomic E-state index is 13.0. The highest BCUT2D eigenvalue weighted by atomic mass is 16.7. The molecule has 9 heteroatoms. The standard InChI is InChI=1S/C58H111NO8/c1-3-5-7-9-11-13-15-17-19-20-21-22-23-24-25-26-27-28-29-30-31-32-34-35-37-39-41-43-45-47-52(61)51(50-66-58-57(65)56(64)55(63)53(49-60)67-58)59-54(62)48-46-44-42-40-38-36-33-18-16-14-12-10-8-6-4-2/h12,14,18,33,51-53,55-58,60-61,63-65H,3-11,13,15-17,19-32,34-50H2,1-2H3,(H,59,62)/b14-12-,33-18-. The minimum absolute atomic E-state index is 0.142. The molecule has 7 atom stereocenters. The van der Waals surface area contributed by atoms with Crippen LogP contribution in [0.5, 0.6) is 0 Å². The van der Waals surface area contributed by atoms with Gasteiger partial charge >= 0.3 is 0 Å². The van der Waals surface area contributed by atoms with Crippen molar-refractivity contribution < 1.29 is 39.8 Å². The Labute approximate surface area is 413 Å². The number of nitrogens with one attached hydrogen (secondary N) is 1. The molecule has 0 bridgehead atoms. The van der Waals surface area contributed by atoms with Crippen LogP contribution in [-0.2, 0) is 14.3 Å². The maximum Gasteiger partial charge on any atom is 0.220 e. The zero-order valence-corrected chi connectivity index (χ0v) is 43.9. The number of amides is 1. The van der Waals surface area contributed by atoms with Crippen molar-refractivity contribution in [2.75, 3.05) is 13.2 Å². The predicted molar refractivity (Wildman–Crippen MR) is 281 cm³/mol. The number of hydrogen-bond acceptors (Lipinski definition) is 8. The first kappa shape index (κ1) is 63.7. The van der Waals surface area contributed by atoms with E-state index in [0.717, 1.165) is 64.2 Å². The van der Waals surface area contributed by atoms with E-state index in [4.69, 9.17) is 9.47 Å². The van der Waals surface area contributed by atoms with Crippen LogP contribution in [0.1, 0.15) is 284 Å². The average Bonchev–Trinajstić information content (AvgIpc) is 3.33. The highest BCUT2D eigenvalue weighted by molar-refractivity contribution is 5.76. The number of ether oxygens (including phenoxy) is 2. The highest BCUT2D eigenvalue weighted by Crippen LogP contribution is 2.23. The molecule has 67 heavy (non-hydrogen) atoms. The lowest BCUT2D eigenvalue weighted by molar-refractivity contribution is -0.302. The number of aliphatic hydroxyl groups is 5. The molecule has 0 aliphatic carbocycles. The van der Waals surface area contributed by atoms with Gasteiger partial charge in [0, 0.05) is 6.42 Å². The molecule has 0 spiro atoms. The van der Waals surface area contributed by atoms with E-state index >= 15 is 0 Å². The summed E-state index contributed by atoms with van der Waals surface area (Å²) in [5.74, 6) is -0.155. The summed E-state index contributed by atoms with van der Waals surface area (Å²) < 4.78 is 11.3. The first-order valence-electron chi connectivity index (χ1n) is 29.0. The first-order valence-corrected chi connectivity index (χ1v) is 29.0. The van der Waals surface area contributed by atoms with Gasteiger partial charge < -0.3 is 40.3 Å². The molecule has 1 fully saturated rings. The Balaban J connectivity index is 2.15. The third kappa shape index (κ3) is 38.1. The van der Waals surface area contributed by atoms with Crippen LogP contribution in [0.25, 0.3) is 0 Å². The normalized spacial score (nSPS) is 19.8. The second-order valence-electron chi connectivity index (χ2n) is 20.4. The van der Waals surface area contributed by atoms with Crippen molar-refractivity contribution >= 4 is 5.91 Å². The van der Waals surface area contributed by atoms with Gasteiger partial charge in [0.25, 0.3) is 0 Å². The predicted octanol–water partition coefficient (Wildman–Crippen LogP) is 14.2. The third-order valence-corrected chi connectivity index (χ3v) is 14.1. The molecule has 0 saturated carbocycles. The van der Waals surface area contributed by atoms with Crippen molar-refractivity contribution in [2.24, 2.45) is 0 Å². The fourth-order valence-electron chi connectivity index (χ4n) is 9.43. The van der Waals surface area contributed by atoms with Gasteiger partial charge in [-0.15, -0.1) is 0 Å². The Morgan fingerprint density at radius 1 is 0.507 bits per heavy atom. The van der Waals surface area contributed by atoms with Gasteiger partial charge in [0.05, 0.1) is 25.4 Å². The molecule has 1 saturated heterocycles. The molecular weight excluding hydrogens is 839 g/mol. The Kier molecular flexibility index (Phi) is 45.9. The smallest absolute Gasteiger partial charge is 0.220 e. The summed E-state index contributed by atoms with van der Waals surface area (Å²) in [5.41, 5.74) is 0. The van der Waals surface area contributed by atoms with E-state index in [1.165, 1.54) is 193 Å². The lowest BCUT2D eigenvalue weighted by atomic mass is 9.99. The van der Waals surface area contributed by atoms with E-state index in [2.05, 4.69) is 43.5 Å². The Hall–Kier alpha value is -1.33. The van der Waals surface area contributed by atoms with Crippen LogP contribution < -0.4 is 5.32 Å². The first-order chi connectivity index (χ1) is 32.8. The van der Waals surface area contributed by atoms with Gasteiger partial charge in [-0.3, -0.25) is 4.79 Å². The monoisotopic (exact) mass is 950 g/mol. The number of hydrogen-bond donors (Lipinski definition) is 6. The van der Waals surface area contributed by atoms with E-state index in [0.29, 0.717) is 12.8 Å². The van der Waals surface area contributed by atoms with Gasteiger partial charge in [0.15, 0.2) is 6.29 Å². The number of carbonyl (C=O) groups is 1. The summed E-state index contributed by atoms with van der Waals surface area (Å²) in [6, 6.07) is -0.725. The van der Waals surface area contributed by atoms with Crippen LogP contribution in [0.4, 0.5) is 0 Å². The summed E-state index contributed by atoms with van der Waals surface area (Å²) in [6.07, 6.45) is 53.6. The minimum Gasteiger partial charge on any atom is -0.394 e. The Bertz CT molecular complexity index is 1100. The van der Waals surface area contributed by atoms with Crippen molar-refractivity contribution in [1.29, 1.82) is 0 Å². The molecule has 0 aromatic carbocycles. The molecule has 1 amide bonds.